The molecule has 0 N–H and O–H groups in total. The van der Waals surface area contributed by atoms with E-state index >= 15 is 0 Å². The normalized spacial score (nSPS) is 13.4. The molecule has 0 spiro atoms. The molecule has 1 saturated heterocycles. The van der Waals surface area contributed by atoms with Gasteiger partial charge in [0.15, 0.2) is 17.3 Å². The predicted molar refractivity (Wildman–Crippen MR) is 91.6 cm³/mol. The molecule has 1 fully saturated rings. The van der Waals surface area contributed by atoms with Crippen molar-refractivity contribution in [1.29, 1.82) is 0 Å². The van der Waals surface area contributed by atoms with E-state index in [2.05, 4.69) is 10.3 Å². The maximum atomic E-state index is 12.5. The largest absolute Gasteiger partial charge is 1.00 e. The van der Waals surface area contributed by atoms with Crippen molar-refractivity contribution in [3.8, 4) is 11.5 Å². The number of benzene rings is 1. The summed E-state index contributed by atoms with van der Waals surface area (Å²) in [6, 6.07) is 3.09. The van der Waals surface area contributed by atoms with Crippen LogP contribution >= 0.6 is 0 Å². The second-order valence-corrected chi connectivity index (χ2v) is 5.48. The number of methoxy groups -OCH3 is 2. The Kier molecular flexibility index (Phi) is 9.61. The maximum Gasteiger partial charge on any atom is 1.00 e. The molecule has 1 aromatic carbocycles. The zero-order chi connectivity index (χ0) is 18.2. The van der Waals surface area contributed by atoms with Crippen LogP contribution in [0, 0.1) is 0 Å². The van der Waals surface area contributed by atoms with Crippen molar-refractivity contribution in [2.24, 2.45) is 10.3 Å². The number of esters is 1. The molecule has 8 nitrogen and oxygen atoms in total. The minimum absolute atomic E-state index is 0. The van der Waals surface area contributed by atoms with E-state index in [1.54, 1.807) is 13.0 Å². The summed E-state index contributed by atoms with van der Waals surface area (Å²) < 4.78 is 15.3. The number of hydrogen-bond acceptors (Lipinski definition) is 7. The van der Waals surface area contributed by atoms with Crippen molar-refractivity contribution in [3.05, 3.63) is 17.7 Å². The molecule has 0 saturated carbocycles. The summed E-state index contributed by atoms with van der Waals surface area (Å²) in [5.41, 5.74) is 0.576. The van der Waals surface area contributed by atoms with Gasteiger partial charge in [-0.25, -0.2) is 0 Å². The number of ketones is 1. The van der Waals surface area contributed by atoms with Gasteiger partial charge in [-0.1, -0.05) is 5.22 Å². The average Bonchev–Trinajstić information content (AvgIpc) is 3.12. The molecule has 0 aromatic heterocycles. The Morgan fingerprint density at radius 3 is 2.35 bits per heavy atom. The second-order valence-electron chi connectivity index (χ2n) is 5.48. The summed E-state index contributed by atoms with van der Waals surface area (Å²) in [5, 5.41) is 10.2. The SMILES string of the molecule is CCOC(=O)CC(=O)c1cc(OC)c(OC)cc1N=NN1CCCC1.[H-].[Na+]. The first-order valence-corrected chi connectivity index (χ1v) is 8.20. The molecule has 0 unspecified atom stereocenters. The Balaban J connectivity index is 0.00000338. The molecule has 1 aliphatic rings. The van der Waals surface area contributed by atoms with Gasteiger partial charge in [0.05, 0.1) is 20.8 Å². The molecule has 0 amide bonds. The first-order chi connectivity index (χ1) is 12.1. The number of rotatable bonds is 8. The zero-order valence-corrected chi connectivity index (χ0v) is 17.8. The standard InChI is InChI=1S/C17H23N3O5.Na.H/c1-4-25-17(22)11-14(21)12-9-15(23-2)16(24-3)10-13(12)18-19-20-7-5-6-8-20;;/h9-10H,4-8,11H2,1-3H3;;/q;+1;-1. The number of hydrogen-bond donors (Lipinski definition) is 0. The maximum absolute atomic E-state index is 12.5. The van der Waals surface area contributed by atoms with Gasteiger partial charge in [-0.3, -0.25) is 14.6 Å². The van der Waals surface area contributed by atoms with E-state index < -0.39 is 11.8 Å². The van der Waals surface area contributed by atoms with E-state index in [-0.39, 0.29) is 49.6 Å². The van der Waals surface area contributed by atoms with Crippen LogP contribution in [-0.4, -0.2) is 50.7 Å². The monoisotopic (exact) mass is 373 g/mol. The number of carbonyl (C=O) groups excluding carboxylic acids is 2. The van der Waals surface area contributed by atoms with Gasteiger partial charge in [-0.2, -0.15) is 0 Å². The van der Waals surface area contributed by atoms with Gasteiger partial charge in [0.25, 0.3) is 0 Å². The van der Waals surface area contributed by atoms with Crippen LogP contribution in [0.4, 0.5) is 5.69 Å². The number of carbonyl (C=O) groups is 2. The smallest absolute Gasteiger partial charge is 1.00 e. The van der Waals surface area contributed by atoms with E-state index in [9.17, 15) is 9.59 Å². The quantitative estimate of drug-likeness (QED) is 0.210. The van der Waals surface area contributed by atoms with Crippen LogP contribution in [-0.2, 0) is 9.53 Å². The van der Waals surface area contributed by atoms with Gasteiger partial charge in [-0.05, 0) is 25.8 Å². The molecule has 0 atom stereocenters. The Hall–Kier alpha value is -1.64. The Morgan fingerprint density at radius 2 is 1.77 bits per heavy atom. The molecular weight excluding hydrogens is 349 g/mol. The van der Waals surface area contributed by atoms with Crippen molar-refractivity contribution in [2.75, 3.05) is 33.9 Å². The van der Waals surface area contributed by atoms with Crippen LogP contribution in [0.15, 0.2) is 22.5 Å². The Labute approximate surface area is 176 Å². The van der Waals surface area contributed by atoms with E-state index in [0.29, 0.717) is 17.2 Å². The summed E-state index contributed by atoms with van der Waals surface area (Å²) in [5.74, 6) is -0.167. The van der Waals surface area contributed by atoms with Crippen LogP contribution in [0.2, 0.25) is 0 Å². The first kappa shape index (κ1) is 22.4. The van der Waals surface area contributed by atoms with Gasteiger partial charge in [0.2, 0.25) is 0 Å². The van der Waals surface area contributed by atoms with Crippen LogP contribution in [0.5, 0.6) is 11.5 Å². The molecule has 0 bridgehead atoms. The van der Waals surface area contributed by atoms with E-state index in [4.69, 9.17) is 14.2 Å². The zero-order valence-electron chi connectivity index (χ0n) is 16.8. The van der Waals surface area contributed by atoms with Gasteiger partial charge < -0.3 is 15.6 Å². The van der Waals surface area contributed by atoms with Gasteiger partial charge >= 0.3 is 35.5 Å². The van der Waals surface area contributed by atoms with E-state index in [1.165, 1.54) is 20.3 Å². The third-order valence-corrected chi connectivity index (χ3v) is 3.77. The molecule has 1 aromatic rings. The summed E-state index contributed by atoms with van der Waals surface area (Å²) in [6.07, 6.45) is 1.77. The van der Waals surface area contributed by atoms with Crippen LogP contribution in [0.25, 0.3) is 0 Å². The third-order valence-electron chi connectivity index (χ3n) is 3.77. The number of ether oxygens (including phenoxy) is 3. The molecular formula is C17H24N3NaO5. The second kappa shape index (κ2) is 11.2. The van der Waals surface area contributed by atoms with Crippen molar-refractivity contribution >= 4 is 17.4 Å². The van der Waals surface area contributed by atoms with Crippen LogP contribution in [0.3, 0.4) is 0 Å². The summed E-state index contributed by atoms with van der Waals surface area (Å²) in [4.78, 5) is 24.1. The summed E-state index contributed by atoms with van der Waals surface area (Å²) in [6.45, 7) is 3.58. The average molecular weight is 373 g/mol. The summed E-state index contributed by atoms with van der Waals surface area (Å²) in [7, 11) is 2.97. The van der Waals surface area contributed by atoms with Crippen LogP contribution < -0.4 is 39.0 Å². The first-order valence-electron chi connectivity index (χ1n) is 8.20. The van der Waals surface area contributed by atoms with Crippen molar-refractivity contribution < 1.29 is 54.8 Å². The Bertz CT molecular complexity index is 666. The topological polar surface area (TPSA) is 89.8 Å². The number of Topliss-reactive ketones (excluding diaryl/α,β-unsaturated/α-hetero) is 1. The fourth-order valence-corrected chi connectivity index (χ4v) is 2.51. The molecule has 0 aliphatic carbocycles. The van der Waals surface area contributed by atoms with Gasteiger partial charge in [0, 0.05) is 24.7 Å². The minimum Gasteiger partial charge on any atom is -1.00 e. The predicted octanol–water partition coefficient (Wildman–Crippen LogP) is 0.0507. The van der Waals surface area contributed by atoms with Crippen molar-refractivity contribution in [3.63, 3.8) is 0 Å². The molecule has 138 valence electrons. The number of nitrogens with zero attached hydrogens (tertiary/aromatic N) is 3. The third kappa shape index (κ3) is 5.96. The fourth-order valence-electron chi connectivity index (χ4n) is 2.51. The molecule has 26 heavy (non-hydrogen) atoms. The van der Waals surface area contributed by atoms with Crippen molar-refractivity contribution in [1.82, 2.24) is 5.01 Å². The molecule has 0 radical (unpaired) electrons. The minimum atomic E-state index is -0.579. The fraction of sp³-hybridized carbons (Fsp3) is 0.529. The van der Waals surface area contributed by atoms with E-state index in [1.807, 2.05) is 5.01 Å². The molecule has 2 rings (SSSR count). The molecule has 9 heteroatoms. The van der Waals surface area contributed by atoms with Gasteiger partial charge in [0.1, 0.15) is 12.1 Å². The van der Waals surface area contributed by atoms with E-state index in [0.717, 1.165) is 25.9 Å². The van der Waals surface area contributed by atoms with Gasteiger partial charge in [-0.15, -0.1) is 5.11 Å². The Morgan fingerprint density at radius 1 is 1.15 bits per heavy atom. The molecule has 1 aliphatic heterocycles. The van der Waals surface area contributed by atoms with Crippen LogP contribution in [0.1, 0.15) is 38.0 Å². The van der Waals surface area contributed by atoms with Crippen molar-refractivity contribution in [2.45, 2.75) is 26.2 Å². The summed E-state index contributed by atoms with van der Waals surface area (Å²) >= 11 is 0. The molecule has 1 heterocycles.